The largest absolute Gasteiger partial charge is 0.435 e. The van der Waals surface area contributed by atoms with Gasteiger partial charge in [0.1, 0.15) is 4.83 Å². The number of hydrogen-bond acceptors (Lipinski definition) is 6. The van der Waals surface area contributed by atoms with Gasteiger partial charge in [-0.2, -0.15) is 4.98 Å². The molecular formula is C14H13FN4OS. The highest BCUT2D eigenvalue weighted by Crippen LogP contribution is 2.34. The highest BCUT2D eigenvalue weighted by molar-refractivity contribution is 7.18. The number of rotatable bonds is 3. The normalized spacial score (nSPS) is 10.9. The monoisotopic (exact) mass is 304 g/mol. The summed E-state index contributed by atoms with van der Waals surface area (Å²) in [5.74, 6) is 5.59. The first kappa shape index (κ1) is 13.7. The second-order valence-electron chi connectivity index (χ2n) is 4.56. The minimum absolute atomic E-state index is 0.127. The predicted octanol–water partition coefficient (Wildman–Crippen LogP) is 3.53. The number of anilines is 1. The van der Waals surface area contributed by atoms with Crippen LogP contribution in [0.1, 0.15) is 10.4 Å². The second kappa shape index (κ2) is 5.27. The summed E-state index contributed by atoms with van der Waals surface area (Å²) >= 11 is 1.49. The minimum atomic E-state index is -0.404. The Morgan fingerprint density at radius 2 is 2.10 bits per heavy atom. The van der Waals surface area contributed by atoms with Gasteiger partial charge in [0, 0.05) is 4.88 Å². The third kappa shape index (κ3) is 2.53. The molecule has 1 aromatic carbocycles. The van der Waals surface area contributed by atoms with E-state index in [2.05, 4.69) is 15.4 Å². The maximum absolute atomic E-state index is 14.1. The third-order valence-electron chi connectivity index (χ3n) is 2.97. The standard InChI is InChI=1S/C14H13FN4OS/c1-7-4-3-5-10(11(7)15)20-12-9-6-8(2)21-13(9)18-14(17-12)19-16/h3-6H,16H2,1-2H3,(H,17,18,19). The lowest BCUT2D eigenvalue weighted by Gasteiger charge is -2.09. The van der Waals surface area contributed by atoms with Crippen LogP contribution in [-0.4, -0.2) is 9.97 Å². The molecule has 0 aliphatic rings. The molecule has 3 N–H and O–H groups in total. The van der Waals surface area contributed by atoms with E-state index < -0.39 is 5.82 Å². The molecule has 0 aliphatic carbocycles. The van der Waals surface area contributed by atoms with Gasteiger partial charge in [-0.05, 0) is 31.5 Å². The van der Waals surface area contributed by atoms with Crippen LogP contribution in [0.25, 0.3) is 10.2 Å². The summed E-state index contributed by atoms with van der Waals surface area (Å²) in [6, 6.07) is 6.88. The molecule has 3 aromatic rings. The van der Waals surface area contributed by atoms with Crippen molar-refractivity contribution in [2.45, 2.75) is 13.8 Å². The van der Waals surface area contributed by atoms with Gasteiger partial charge in [-0.25, -0.2) is 15.2 Å². The number of ether oxygens (including phenoxy) is 1. The van der Waals surface area contributed by atoms with Crippen molar-refractivity contribution >= 4 is 27.5 Å². The van der Waals surface area contributed by atoms with E-state index in [4.69, 9.17) is 10.6 Å². The molecule has 0 saturated carbocycles. The van der Waals surface area contributed by atoms with Crippen LogP contribution in [-0.2, 0) is 0 Å². The molecule has 0 aliphatic heterocycles. The number of aryl methyl sites for hydroxylation is 2. The lowest BCUT2D eigenvalue weighted by Crippen LogP contribution is -2.10. The predicted molar refractivity (Wildman–Crippen MR) is 81.2 cm³/mol. The first-order valence-corrected chi connectivity index (χ1v) is 7.08. The van der Waals surface area contributed by atoms with Gasteiger partial charge in [-0.1, -0.05) is 12.1 Å². The molecule has 2 aromatic heterocycles. The van der Waals surface area contributed by atoms with Crippen molar-refractivity contribution in [3.05, 3.63) is 40.5 Å². The Balaban J connectivity index is 2.12. The Kier molecular flexibility index (Phi) is 3.44. The van der Waals surface area contributed by atoms with E-state index in [1.54, 1.807) is 25.1 Å². The van der Waals surface area contributed by atoms with Gasteiger partial charge in [0.15, 0.2) is 11.6 Å². The van der Waals surface area contributed by atoms with E-state index in [9.17, 15) is 4.39 Å². The molecule has 0 amide bonds. The van der Waals surface area contributed by atoms with Crippen molar-refractivity contribution in [1.29, 1.82) is 0 Å². The average Bonchev–Trinajstić information content (AvgIpc) is 2.84. The van der Waals surface area contributed by atoms with Crippen LogP contribution in [0.4, 0.5) is 10.3 Å². The first-order chi connectivity index (χ1) is 10.1. The van der Waals surface area contributed by atoms with Crippen molar-refractivity contribution in [1.82, 2.24) is 9.97 Å². The molecule has 3 rings (SSSR count). The third-order valence-corrected chi connectivity index (χ3v) is 3.92. The molecule has 0 saturated heterocycles. The van der Waals surface area contributed by atoms with Crippen LogP contribution in [0.3, 0.4) is 0 Å². The summed E-state index contributed by atoms with van der Waals surface area (Å²) in [5.41, 5.74) is 2.90. The van der Waals surface area contributed by atoms with Crippen molar-refractivity contribution in [3.63, 3.8) is 0 Å². The van der Waals surface area contributed by atoms with Crippen molar-refractivity contribution < 1.29 is 9.13 Å². The second-order valence-corrected chi connectivity index (χ2v) is 5.80. The summed E-state index contributed by atoms with van der Waals surface area (Å²) < 4.78 is 19.7. The number of thiophene rings is 1. The first-order valence-electron chi connectivity index (χ1n) is 6.26. The van der Waals surface area contributed by atoms with Gasteiger partial charge >= 0.3 is 0 Å². The molecule has 7 heteroatoms. The maximum Gasteiger partial charge on any atom is 0.241 e. The van der Waals surface area contributed by atoms with E-state index in [1.165, 1.54) is 11.3 Å². The van der Waals surface area contributed by atoms with Crippen LogP contribution in [0.5, 0.6) is 11.6 Å². The van der Waals surface area contributed by atoms with Crippen LogP contribution >= 0.6 is 11.3 Å². The lowest BCUT2D eigenvalue weighted by molar-refractivity contribution is 0.430. The van der Waals surface area contributed by atoms with E-state index in [0.717, 1.165) is 15.1 Å². The Labute approximate surface area is 124 Å². The van der Waals surface area contributed by atoms with Gasteiger partial charge in [0.2, 0.25) is 11.8 Å². The van der Waals surface area contributed by atoms with Crippen LogP contribution in [0.2, 0.25) is 0 Å². The molecule has 5 nitrogen and oxygen atoms in total. The van der Waals surface area contributed by atoms with Crippen LogP contribution in [0.15, 0.2) is 24.3 Å². The molecule has 0 unspecified atom stereocenters. The van der Waals surface area contributed by atoms with E-state index in [0.29, 0.717) is 5.56 Å². The van der Waals surface area contributed by atoms with E-state index in [-0.39, 0.29) is 17.6 Å². The highest BCUT2D eigenvalue weighted by atomic mass is 32.1. The summed E-state index contributed by atoms with van der Waals surface area (Å²) in [4.78, 5) is 10.2. The molecule has 2 heterocycles. The SMILES string of the molecule is Cc1cc2c(Oc3cccc(C)c3F)nc(NN)nc2s1. The molecular weight excluding hydrogens is 291 g/mol. The topological polar surface area (TPSA) is 73.1 Å². The fourth-order valence-electron chi connectivity index (χ4n) is 1.96. The van der Waals surface area contributed by atoms with Crippen molar-refractivity contribution in [2.24, 2.45) is 5.84 Å². The van der Waals surface area contributed by atoms with Crippen LogP contribution < -0.4 is 16.0 Å². The quantitative estimate of drug-likeness (QED) is 0.572. The maximum atomic E-state index is 14.1. The number of nitrogens with zero attached hydrogens (tertiary/aromatic N) is 2. The number of nitrogens with two attached hydrogens (primary N) is 1. The number of aromatic nitrogens is 2. The number of nitrogen functional groups attached to an aromatic ring is 1. The van der Waals surface area contributed by atoms with E-state index >= 15 is 0 Å². The molecule has 0 bridgehead atoms. The highest BCUT2D eigenvalue weighted by Gasteiger charge is 2.14. The van der Waals surface area contributed by atoms with Crippen LogP contribution in [0, 0.1) is 19.7 Å². The fourth-order valence-corrected chi connectivity index (χ4v) is 2.83. The number of fused-ring (bicyclic) bond motifs is 1. The lowest BCUT2D eigenvalue weighted by atomic mass is 10.2. The number of nitrogens with one attached hydrogen (secondary N) is 1. The van der Waals surface area contributed by atoms with Gasteiger partial charge < -0.3 is 4.74 Å². The van der Waals surface area contributed by atoms with Gasteiger partial charge in [0.05, 0.1) is 5.39 Å². The molecule has 21 heavy (non-hydrogen) atoms. The zero-order chi connectivity index (χ0) is 15.0. The molecule has 0 radical (unpaired) electrons. The smallest absolute Gasteiger partial charge is 0.241 e. The zero-order valence-corrected chi connectivity index (χ0v) is 12.3. The van der Waals surface area contributed by atoms with Gasteiger partial charge in [-0.15, -0.1) is 11.3 Å². The van der Waals surface area contributed by atoms with Gasteiger partial charge in [-0.3, -0.25) is 5.43 Å². The Morgan fingerprint density at radius 3 is 2.86 bits per heavy atom. The number of hydrazine groups is 1. The van der Waals surface area contributed by atoms with Crippen molar-refractivity contribution in [3.8, 4) is 11.6 Å². The Bertz CT molecular complexity index is 818. The van der Waals surface area contributed by atoms with Gasteiger partial charge in [0.25, 0.3) is 0 Å². The fraction of sp³-hybridized carbons (Fsp3) is 0.143. The number of halogens is 1. The summed E-state index contributed by atoms with van der Waals surface area (Å²) in [6.07, 6.45) is 0. The summed E-state index contributed by atoms with van der Waals surface area (Å²) in [7, 11) is 0. The molecule has 0 fully saturated rings. The average molecular weight is 304 g/mol. The Hall–Kier alpha value is -2.25. The Morgan fingerprint density at radius 1 is 1.29 bits per heavy atom. The van der Waals surface area contributed by atoms with E-state index in [1.807, 2.05) is 13.0 Å². The molecule has 0 spiro atoms. The zero-order valence-electron chi connectivity index (χ0n) is 11.5. The summed E-state index contributed by atoms with van der Waals surface area (Å²) in [6.45, 7) is 3.64. The molecule has 108 valence electrons. The van der Waals surface area contributed by atoms with Crippen molar-refractivity contribution in [2.75, 3.05) is 5.43 Å². The number of hydrogen-bond donors (Lipinski definition) is 2. The molecule has 0 atom stereocenters. The summed E-state index contributed by atoms with van der Waals surface area (Å²) in [5, 5.41) is 0.734. The minimum Gasteiger partial charge on any atom is -0.435 e. The number of benzene rings is 1.